The van der Waals surface area contributed by atoms with Crippen LogP contribution in [-0.2, 0) is 20.2 Å². The molecule has 0 aromatic heterocycles. The van der Waals surface area contributed by atoms with E-state index in [4.69, 9.17) is 9.29 Å². The summed E-state index contributed by atoms with van der Waals surface area (Å²) >= 11 is 0. The first-order chi connectivity index (χ1) is 21.3. The third-order valence-electron chi connectivity index (χ3n) is 6.54. The van der Waals surface area contributed by atoms with Crippen LogP contribution in [0.3, 0.4) is 0 Å². The van der Waals surface area contributed by atoms with Crippen LogP contribution in [0.5, 0.6) is 11.5 Å². The number of phenols is 1. The Morgan fingerprint density at radius 1 is 0.689 bits per heavy atom. The van der Waals surface area contributed by atoms with Crippen molar-refractivity contribution in [1.82, 2.24) is 0 Å². The summed E-state index contributed by atoms with van der Waals surface area (Å²) in [5.74, 6) is -0.487. The molecule has 13 nitrogen and oxygen atoms in total. The van der Waals surface area contributed by atoms with Crippen LogP contribution in [0, 0.1) is 6.92 Å². The molecule has 0 saturated carbocycles. The second-order valence-corrected chi connectivity index (χ2v) is 12.4. The highest BCUT2D eigenvalue weighted by atomic mass is 32.2. The minimum atomic E-state index is -4.94. The summed E-state index contributed by atoms with van der Waals surface area (Å²) in [6, 6.07) is 23.8. The van der Waals surface area contributed by atoms with E-state index in [2.05, 4.69) is 25.8 Å². The van der Waals surface area contributed by atoms with E-state index >= 15 is 0 Å². The predicted octanol–water partition coefficient (Wildman–Crippen LogP) is 7.93. The third kappa shape index (κ3) is 7.13. The minimum absolute atomic E-state index is 0.165. The molecule has 0 radical (unpaired) electrons. The Labute approximate surface area is 258 Å². The van der Waals surface area contributed by atoms with Gasteiger partial charge in [0.2, 0.25) is 0 Å². The zero-order valence-electron chi connectivity index (χ0n) is 23.6. The van der Waals surface area contributed by atoms with Crippen molar-refractivity contribution in [3.63, 3.8) is 0 Å². The van der Waals surface area contributed by atoms with Crippen molar-refractivity contribution in [3.05, 3.63) is 96.6 Å². The van der Waals surface area contributed by atoms with E-state index in [0.717, 1.165) is 5.69 Å². The Hall–Kier alpha value is -5.22. The summed E-state index contributed by atoms with van der Waals surface area (Å²) in [6.07, 6.45) is 0. The Morgan fingerprint density at radius 3 is 2.00 bits per heavy atom. The van der Waals surface area contributed by atoms with Crippen molar-refractivity contribution in [2.75, 3.05) is 12.4 Å². The number of aryl methyl sites for hydroxylation is 1. The van der Waals surface area contributed by atoms with Crippen LogP contribution in [0.25, 0.3) is 10.8 Å². The number of hydrogen-bond donors (Lipinski definition) is 4. The van der Waals surface area contributed by atoms with Crippen LogP contribution in [0.1, 0.15) is 5.56 Å². The Morgan fingerprint density at radius 2 is 1.36 bits per heavy atom. The number of phenolic OH excluding ortho intramolecular Hbond substituents is 1. The zero-order chi connectivity index (χ0) is 32.4. The van der Waals surface area contributed by atoms with E-state index < -0.39 is 30.9 Å². The van der Waals surface area contributed by atoms with E-state index in [1.807, 2.05) is 30.3 Å². The number of rotatable bonds is 9. The van der Waals surface area contributed by atoms with E-state index in [1.165, 1.54) is 43.5 Å². The number of benzene rings is 5. The third-order valence-corrected chi connectivity index (χ3v) is 8.33. The molecule has 0 saturated heterocycles. The molecule has 0 heterocycles. The fourth-order valence-corrected chi connectivity index (χ4v) is 5.55. The highest BCUT2D eigenvalue weighted by Gasteiger charge is 2.24. The molecular weight excluding hydrogens is 622 g/mol. The molecule has 0 amide bonds. The molecule has 0 spiro atoms. The largest absolute Gasteiger partial charge is 0.506 e. The number of para-hydroxylation sites is 1. The van der Waals surface area contributed by atoms with E-state index in [0.29, 0.717) is 28.0 Å². The fourth-order valence-electron chi connectivity index (χ4n) is 4.35. The van der Waals surface area contributed by atoms with Gasteiger partial charge in [-0.1, -0.05) is 24.3 Å². The molecule has 0 atom stereocenters. The van der Waals surface area contributed by atoms with Crippen molar-refractivity contribution >= 4 is 65.1 Å². The van der Waals surface area contributed by atoms with Crippen LogP contribution in [0.4, 0.5) is 34.1 Å². The topological polar surface area (TPSA) is 200 Å². The lowest BCUT2D eigenvalue weighted by molar-refractivity contribution is 0.416. The molecule has 5 aromatic carbocycles. The summed E-state index contributed by atoms with van der Waals surface area (Å²) in [7, 11) is -7.90. The molecule has 4 N–H and O–H groups in total. The Kier molecular flexibility index (Phi) is 8.61. The molecule has 0 aliphatic rings. The first-order valence-corrected chi connectivity index (χ1v) is 15.9. The van der Waals surface area contributed by atoms with Crippen molar-refractivity contribution in [1.29, 1.82) is 0 Å². The second kappa shape index (κ2) is 12.4. The SMILES string of the molecule is COc1cc(N=Nc2ccc(S(=O)(=O)O)cc2)c(C)cc1N=Nc1cc2ccc(Nc3ccccc3)cc2c(O)c1S(=O)(=O)O. The average molecular weight is 648 g/mol. The monoisotopic (exact) mass is 647 g/mol. The molecule has 0 bridgehead atoms. The van der Waals surface area contributed by atoms with Gasteiger partial charge in [-0.3, -0.25) is 9.11 Å². The van der Waals surface area contributed by atoms with Crippen molar-refractivity contribution in [2.45, 2.75) is 16.7 Å². The zero-order valence-corrected chi connectivity index (χ0v) is 25.3. The quantitative estimate of drug-likeness (QED) is 0.0905. The number of nitrogens with one attached hydrogen (secondary N) is 1. The summed E-state index contributed by atoms with van der Waals surface area (Å²) in [5, 5.41) is 31.2. The lowest BCUT2D eigenvalue weighted by atomic mass is 10.1. The molecule has 45 heavy (non-hydrogen) atoms. The second-order valence-electron chi connectivity index (χ2n) is 9.65. The fraction of sp³-hybridized carbons (Fsp3) is 0.0667. The van der Waals surface area contributed by atoms with Crippen LogP contribution >= 0.6 is 0 Å². The summed E-state index contributed by atoms with van der Waals surface area (Å²) in [4.78, 5) is -1.09. The molecule has 0 fully saturated rings. The van der Waals surface area contributed by atoms with Gasteiger partial charge < -0.3 is 15.2 Å². The maximum atomic E-state index is 12.4. The van der Waals surface area contributed by atoms with Gasteiger partial charge in [0, 0.05) is 22.8 Å². The number of ether oxygens (including phenoxy) is 1. The van der Waals surface area contributed by atoms with Gasteiger partial charge in [0.15, 0.2) is 4.90 Å². The summed E-state index contributed by atoms with van der Waals surface area (Å²) in [6.45, 7) is 1.71. The van der Waals surface area contributed by atoms with E-state index in [1.54, 1.807) is 31.2 Å². The maximum Gasteiger partial charge on any atom is 0.300 e. The van der Waals surface area contributed by atoms with Gasteiger partial charge in [0.25, 0.3) is 20.2 Å². The maximum absolute atomic E-state index is 12.4. The van der Waals surface area contributed by atoms with Crippen LogP contribution in [-0.4, -0.2) is 38.2 Å². The highest BCUT2D eigenvalue weighted by molar-refractivity contribution is 7.86. The van der Waals surface area contributed by atoms with Gasteiger partial charge in [-0.15, -0.1) is 10.2 Å². The van der Waals surface area contributed by atoms with Gasteiger partial charge in [0.05, 0.1) is 23.4 Å². The molecule has 5 rings (SSSR count). The first kappa shape index (κ1) is 31.2. The number of azo groups is 2. The molecular formula is C30H25N5O8S2. The van der Waals surface area contributed by atoms with Crippen molar-refractivity contribution in [3.8, 4) is 11.5 Å². The van der Waals surface area contributed by atoms with E-state index in [9.17, 15) is 26.5 Å². The number of methoxy groups -OCH3 is 1. The van der Waals surface area contributed by atoms with Gasteiger partial charge in [0.1, 0.15) is 22.9 Å². The average Bonchev–Trinajstić information content (AvgIpc) is 2.99. The molecule has 230 valence electrons. The normalized spacial score (nSPS) is 12.3. The Balaban J connectivity index is 1.48. The number of hydrogen-bond acceptors (Lipinski definition) is 11. The molecule has 0 unspecified atom stereocenters. The highest BCUT2D eigenvalue weighted by Crippen LogP contribution is 2.42. The van der Waals surface area contributed by atoms with E-state index in [-0.39, 0.29) is 27.4 Å². The van der Waals surface area contributed by atoms with Gasteiger partial charge in [-0.2, -0.15) is 27.1 Å². The lowest BCUT2D eigenvalue weighted by Gasteiger charge is -2.12. The van der Waals surface area contributed by atoms with Crippen molar-refractivity contribution < 1.29 is 35.8 Å². The molecule has 0 aliphatic carbocycles. The van der Waals surface area contributed by atoms with Gasteiger partial charge >= 0.3 is 0 Å². The standard InChI is InChI=1S/C30H25N5O8S2/c1-18-14-26(28(43-2)17-25(18)33-32-21-10-12-23(13-11-21)44(37,38)39)34-35-27-15-19-8-9-22(31-20-6-4-3-5-7-20)16-24(19)29(36)30(27)45(40,41)42/h3-17,31,36H,1-2H3,(H,37,38,39)(H,40,41,42). The smallest absolute Gasteiger partial charge is 0.300 e. The number of anilines is 2. The summed E-state index contributed by atoms with van der Waals surface area (Å²) < 4.78 is 71.8. The van der Waals surface area contributed by atoms with Crippen LogP contribution < -0.4 is 10.1 Å². The first-order valence-electron chi connectivity index (χ1n) is 13.0. The number of fused-ring (bicyclic) bond motifs is 1. The number of aromatic hydroxyl groups is 1. The van der Waals surface area contributed by atoms with Crippen LogP contribution in [0.15, 0.2) is 121 Å². The Bertz CT molecular complexity index is 2190. The summed E-state index contributed by atoms with van der Waals surface area (Å²) in [5.41, 5.74) is 2.53. The van der Waals surface area contributed by atoms with Crippen molar-refractivity contribution in [2.24, 2.45) is 20.5 Å². The minimum Gasteiger partial charge on any atom is -0.506 e. The predicted molar refractivity (Wildman–Crippen MR) is 167 cm³/mol. The molecule has 5 aromatic rings. The van der Waals surface area contributed by atoms with Gasteiger partial charge in [-0.05, 0) is 78.5 Å². The molecule has 0 aliphatic heterocycles. The van der Waals surface area contributed by atoms with Crippen LogP contribution in [0.2, 0.25) is 0 Å². The number of nitrogens with zero attached hydrogens (tertiary/aromatic N) is 4. The lowest BCUT2D eigenvalue weighted by Crippen LogP contribution is -2.00. The molecule has 15 heteroatoms. The van der Waals surface area contributed by atoms with Gasteiger partial charge in [-0.25, -0.2) is 0 Å².